The summed E-state index contributed by atoms with van der Waals surface area (Å²) < 4.78 is 13.9. The van der Waals surface area contributed by atoms with Crippen LogP contribution in [0.3, 0.4) is 0 Å². The van der Waals surface area contributed by atoms with Gasteiger partial charge in [0.2, 0.25) is 0 Å². The highest BCUT2D eigenvalue weighted by atomic mass is 79.9. The van der Waals surface area contributed by atoms with Crippen LogP contribution in [-0.4, -0.2) is 35.2 Å². The van der Waals surface area contributed by atoms with E-state index in [-0.39, 0.29) is 17.8 Å². The molecule has 1 saturated heterocycles. The number of hydrogen-bond acceptors (Lipinski definition) is 3. The predicted octanol–water partition coefficient (Wildman–Crippen LogP) is 3.99. The SMILES string of the molecule is O=C(NC1CCN(c2cc(-c3ccc(F)cc3)[nH]n2)C1)c1ccccc1Br. The van der Waals surface area contributed by atoms with Crippen LogP contribution in [0.5, 0.6) is 0 Å². The molecule has 1 aliphatic rings. The number of amides is 1. The molecule has 1 fully saturated rings. The van der Waals surface area contributed by atoms with Crippen LogP contribution < -0.4 is 10.2 Å². The van der Waals surface area contributed by atoms with Crippen molar-refractivity contribution in [3.63, 3.8) is 0 Å². The molecule has 4 rings (SSSR count). The average Bonchev–Trinajstić information content (AvgIpc) is 3.32. The normalized spacial score (nSPS) is 16.5. The van der Waals surface area contributed by atoms with Gasteiger partial charge in [-0.05, 0) is 64.3 Å². The number of aromatic nitrogens is 2. The standard InChI is InChI=1S/C20H18BrFN4O/c21-17-4-2-1-3-16(17)20(27)23-15-9-10-26(12-15)19-11-18(24-25-19)13-5-7-14(22)8-6-13/h1-8,11,15H,9-10,12H2,(H,23,27)(H,24,25). The van der Waals surface area contributed by atoms with Crippen LogP contribution >= 0.6 is 15.9 Å². The highest BCUT2D eigenvalue weighted by Gasteiger charge is 2.26. The summed E-state index contributed by atoms with van der Waals surface area (Å²) in [5.74, 6) is 0.483. The smallest absolute Gasteiger partial charge is 0.252 e. The molecular weight excluding hydrogens is 411 g/mol. The summed E-state index contributed by atoms with van der Waals surface area (Å²) in [5.41, 5.74) is 2.35. The number of rotatable bonds is 4. The average molecular weight is 429 g/mol. The molecule has 2 heterocycles. The Balaban J connectivity index is 1.40. The maximum Gasteiger partial charge on any atom is 0.252 e. The summed E-state index contributed by atoms with van der Waals surface area (Å²) in [6.45, 7) is 1.51. The second-order valence-electron chi connectivity index (χ2n) is 6.53. The Morgan fingerprint density at radius 3 is 2.78 bits per heavy atom. The van der Waals surface area contributed by atoms with Gasteiger partial charge in [-0.25, -0.2) is 4.39 Å². The van der Waals surface area contributed by atoms with E-state index in [1.807, 2.05) is 24.3 Å². The van der Waals surface area contributed by atoms with Gasteiger partial charge in [-0.15, -0.1) is 0 Å². The first kappa shape index (κ1) is 17.7. The summed E-state index contributed by atoms with van der Waals surface area (Å²) in [5, 5.41) is 10.5. The van der Waals surface area contributed by atoms with E-state index < -0.39 is 0 Å². The van der Waals surface area contributed by atoms with Crippen LogP contribution in [0, 0.1) is 5.82 Å². The van der Waals surface area contributed by atoms with Crippen LogP contribution in [0.1, 0.15) is 16.8 Å². The van der Waals surface area contributed by atoms with E-state index in [2.05, 4.69) is 36.3 Å². The molecule has 0 saturated carbocycles. The highest BCUT2D eigenvalue weighted by Crippen LogP contribution is 2.25. The molecule has 0 spiro atoms. The van der Waals surface area contributed by atoms with Crippen molar-refractivity contribution >= 4 is 27.7 Å². The van der Waals surface area contributed by atoms with E-state index in [4.69, 9.17) is 0 Å². The monoisotopic (exact) mass is 428 g/mol. The van der Waals surface area contributed by atoms with Gasteiger partial charge in [-0.2, -0.15) is 5.10 Å². The maximum atomic E-state index is 13.1. The Morgan fingerprint density at radius 2 is 2.00 bits per heavy atom. The molecule has 7 heteroatoms. The summed E-state index contributed by atoms with van der Waals surface area (Å²) >= 11 is 3.42. The predicted molar refractivity (Wildman–Crippen MR) is 106 cm³/mol. The summed E-state index contributed by atoms with van der Waals surface area (Å²) in [6, 6.07) is 15.7. The fourth-order valence-corrected chi connectivity index (χ4v) is 3.71. The zero-order valence-corrected chi connectivity index (χ0v) is 16.0. The third kappa shape index (κ3) is 3.88. The molecule has 1 aliphatic heterocycles. The zero-order chi connectivity index (χ0) is 18.8. The Kier molecular flexibility index (Phi) is 4.94. The molecule has 27 heavy (non-hydrogen) atoms. The van der Waals surface area contributed by atoms with E-state index in [9.17, 15) is 9.18 Å². The zero-order valence-electron chi connectivity index (χ0n) is 14.5. The van der Waals surface area contributed by atoms with Crippen LogP contribution in [0.25, 0.3) is 11.3 Å². The molecule has 1 atom stereocenters. The Morgan fingerprint density at radius 1 is 1.22 bits per heavy atom. The number of anilines is 1. The van der Waals surface area contributed by atoms with Gasteiger partial charge in [-0.3, -0.25) is 9.89 Å². The molecule has 2 N–H and O–H groups in total. The van der Waals surface area contributed by atoms with Gasteiger partial charge < -0.3 is 10.2 Å². The number of H-pyrrole nitrogens is 1. The van der Waals surface area contributed by atoms with E-state index >= 15 is 0 Å². The first-order valence-electron chi connectivity index (χ1n) is 8.72. The Labute approximate surface area is 164 Å². The third-order valence-electron chi connectivity index (χ3n) is 4.69. The molecule has 0 aliphatic carbocycles. The van der Waals surface area contributed by atoms with Crippen LogP contribution in [0.15, 0.2) is 59.1 Å². The third-order valence-corrected chi connectivity index (χ3v) is 5.38. The van der Waals surface area contributed by atoms with Crippen molar-refractivity contribution < 1.29 is 9.18 Å². The minimum atomic E-state index is -0.262. The number of aromatic amines is 1. The first-order chi connectivity index (χ1) is 13.1. The number of hydrogen-bond donors (Lipinski definition) is 2. The molecular formula is C20H18BrFN4O. The van der Waals surface area contributed by atoms with Crippen LogP contribution in [0.2, 0.25) is 0 Å². The number of carbonyl (C=O) groups is 1. The van der Waals surface area contributed by atoms with Gasteiger partial charge >= 0.3 is 0 Å². The van der Waals surface area contributed by atoms with Gasteiger partial charge in [0.1, 0.15) is 5.82 Å². The first-order valence-corrected chi connectivity index (χ1v) is 9.51. The number of benzene rings is 2. The number of nitrogens with one attached hydrogen (secondary N) is 2. The van der Waals surface area contributed by atoms with E-state index in [1.165, 1.54) is 12.1 Å². The molecule has 2 aromatic carbocycles. The van der Waals surface area contributed by atoms with Crippen LogP contribution in [-0.2, 0) is 0 Å². The lowest BCUT2D eigenvalue weighted by molar-refractivity contribution is 0.0939. The molecule has 5 nitrogen and oxygen atoms in total. The van der Waals surface area contributed by atoms with Gasteiger partial charge in [0.05, 0.1) is 11.3 Å². The van der Waals surface area contributed by atoms with Crippen molar-refractivity contribution in [2.45, 2.75) is 12.5 Å². The Bertz CT molecular complexity index is 957. The van der Waals surface area contributed by atoms with E-state index in [0.29, 0.717) is 12.1 Å². The van der Waals surface area contributed by atoms with Crippen molar-refractivity contribution in [1.82, 2.24) is 15.5 Å². The number of nitrogens with zero attached hydrogens (tertiary/aromatic N) is 2. The molecule has 3 aromatic rings. The summed E-state index contributed by atoms with van der Waals surface area (Å²) in [6.07, 6.45) is 0.856. The summed E-state index contributed by atoms with van der Waals surface area (Å²) in [4.78, 5) is 14.6. The van der Waals surface area contributed by atoms with Gasteiger partial charge in [0.15, 0.2) is 5.82 Å². The minimum Gasteiger partial charge on any atom is -0.353 e. The molecule has 1 amide bonds. The molecule has 0 radical (unpaired) electrons. The van der Waals surface area contributed by atoms with Crippen LogP contribution in [0.4, 0.5) is 10.2 Å². The second-order valence-corrected chi connectivity index (χ2v) is 7.39. The second kappa shape index (κ2) is 7.52. The summed E-state index contributed by atoms with van der Waals surface area (Å²) in [7, 11) is 0. The van der Waals surface area contributed by atoms with Crippen molar-refractivity contribution in [2.24, 2.45) is 0 Å². The lowest BCUT2D eigenvalue weighted by Gasteiger charge is -2.16. The minimum absolute atomic E-state index is 0.0653. The van der Waals surface area contributed by atoms with Gasteiger partial charge in [0, 0.05) is 29.7 Å². The lowest BCUT2D eigenvalue weighted by atomic mass is 10.1. The van der Waals surface area contributed by atoms with Crippen molar-refractivity contribution in [3.05, 3.63) is 70.5 Å². The quantitative estimate of drug-likeness (QED) is 0.660. The number of halogens is 2. The topological polar surface area (TPSA) is 61.0 Å². The fraction of sp³-hybridized carbons (Fsp3) is 0.200. The maximum absolute atomic E-state index is 13.1. The Hall–Kier alpha value is -2.67. The van der Waals surface area contributed by atoms with Crippen molar-refractivity contribution in [2.75, 3.05) is 18.0 Å². The van der Waals surface area contributed by atoms with Gasteiger partial charge in [0.25, 0.3) is 5.91 Å². The highest BCUT2D eigenvalue weighted by molar-refractivity contribution is 9.10. The molecule has 1 aromatic heterocycles. The lowest BCUT2D eigenvalue weighted by Crippen LogP contribution is -2.37. The van der Waals surface area contributed by atoms with E-state index in [0.717, 1.165) is 34.5 Å². The fourth-order valence-electron chi connectivity index (χ4n) is 3.25. The van der Waals surface area contributed by atoms with Gasteiger partial charge in [-0.1, -0.05) is 12.1 Å². The molecule has 0 bridgehead atoms. The molecule has 1 unspecified atom stereocenters. The largest absolute Gasteiger partial charge is 0.353 e. The van der Waals surface area contributed by atoms with E-state index in [1.54, 1.807) is 18.2 Å². The number of carbonyl (C=O) groups excluding carboxylic acids is 1. The van der Waals surface area contributed by atoms with Crippen molar-refractivity contribution in [1.29, 1.82) is 0 Å². The molecule has 138 valence electrons. The van der Waals surface area contributed by atoms with Crippen molar-refractivity contribution in [3.8, 4) is 11.3 Å².